The minimum absolute atomic E-state index is 0.0750. The molecule has 5 nitrogen and oxygen atoms in total. The summed E-state index contributed by atoms with van der Waals surface area (Å²) in [6.45, 7) is 5.33. The van der Waals surface area contributed by atoms with Crippen molar-refractivity contribution in [2.75, 3.05) is 26.3 Å². The smallest absolute Gasteiger partial charge is 0.271 e. The monoisotopic (exact) mass is 249 g/mol. The molecule has 2 fully saturated rings. The number of carbonyl (C=O) groups excluding carboxylic acids is 1. The number of nitrogens with one attached hydrogen (secondary N) is 1. The first-order valence-corrected chi connectivity index (χ1v) is 6.63. The van der Waals surface area contributed by atoms with Crippen molar-refractivity contribution in [2.45, 2.75) is 26.2 Å². The summed E-state index contributed by atoms with van der Waals surface area (Å²) < 4.78 is 5.48. The van der Waals surface area contributed by atoms with Crippen LogP contribution in [0.4, 0.5) is 0 Å². The summed E-state index contributed by atoms with van der Waals surface area (Å²) in [6, 6.07) is 0. The molecule has 5 heteroatoms. The molecule has 2 saturated heterocycles. The van der Waals surface area contributed by atoms with E-state index in [1.54, 1.807) is 6.20 Å². The van der Waals surface area contributed by atoms with E-state index in [0.29, 0.717) is 5.69 Å². The number of carbonyl (C=O) groups is 1. The third-order valence-corrected chi connectivity index (χ3v) is 4.10. The van der Waals surface area contributed by atoms with Crippen LogP contribution in [0.5, 0.6) is 0 Å². The molecule has 0 saturated carbocycles. The standard InChI is InChI=1S/C13H19N3O2/c1-2-11-14-7-10(15-11)12(17)16-5-3-13(8-16)4-6-18-9-13/h7H,2-6,8-9H2,1H3,(H,14,15). The highest BCUT2D eigenvalue weighted by Crippen LogP contribution is 2.38. The van der Waals surface area contributed by atoms with Crippen molar-refractivity contribution in [3.8, 4) is 0 Å². The molecule has 1 N–H and O–H groups in total. The van der Waals surface area contributed by atoms with Gasteiger partial charge in [-0.1, -0.05) is 6.92 Å². The lowest BCUT2D eigenvalue weighted by Gasteiger charge is -2.21. The number of aryl methyl sites for hydroxylation is 1. The third-order valence-electron chi connectivity index (χ3n) is 4.10. The van der Waals surface area contributed by atoms with Crippen LogP contribution in [0.3, 0.4) is 0 Å². The minimum Gasteiger partial charge on any atom is -0.381 e. The lowest BCUT2D eigenvalue weighted by atomic mass is 9.87. The molecular weight excluding hydrogens is 230 g/mol. The molecule has 0 aliphatic carbocycles. The van der Waals surface area contributed by atoms with E-state index in [1.165, 1.54) is 0 Å². The number of aromatic nitrogens is 2. The second-order valence-corrected chi connectivity index (χ2v) is 5.38. The van der Waals surface area contributed by atoms with Gasteiger partial charge in [0, 0.05) is 31.5 Å². The molecular formula is C13H19N3O2. The average Bonchev–Trinajstić information content (AvgIpc) is 3.11. The molecule has 1 spiro atoms. The van der Waals surface area contributed by atoms with Gasteiger partial charge in [0.05, 0.1) is 12.8 Å². The quantitative estimate of drug-likeness (QED) is 0.857. The lowest BCUT2D eigenvalue weighted by Crippen LogP contribution is -2.32. The van der Waals surface area contributed by atoms with Crippen LogP contribution >= 0.6 is 0 Å². The molecule has 2 aliphatic heterocycles. The number of hydrogen-bond donors (Lipinski definition) is 1. The van der Waals surface area contributed by atoms with Crippen molar-refractivity contribution in [2.24, 2.45) is 5.41 Å². The van der Waals surface area contributed by atoms with Crippen molar-refractivity contribution >= 4 is 5.91 Å². The highest BCUT2D eigenvalue weighted by molar-refractivity contribution is 5.92. The van der Waals surface area contributed by atoms with Crippen LogP contribution in [0.15, 0.2) is 6.20 Å². The number of aromatic amines is 1. The predicted molar refractivity (Wildman–Crippen MR) is 66.4 cm³/mol. The van der Waals surface area contributed by atoms with E-state index < -0.39 is 0 Å². The third kappa shape index (κ3) is 1.92. The summed E-state index contributed by atoms with van der Waals surface area (Å²) in [5.41, 5.74) is 0.839. The lowest BCUT2D eigenvalue weighted by molar-refractivity contribution is 0.0760. The zero-order chi connectivity index (χ0) is 12.6. The van der Waals surface area contributed by atoms with E-state index >= 15 is 0 Å². The Morgan fingerprint density at radius 2 is 2.50 bits per heavy atom. The summed E-state index contributed by atoms with van der Waals surface area (Å²) in [4.78, 5) is 21.5. The maximum absolute atomic E-state index is 12.3. The first-order chi connectivity index (χ1) is 8.72. The van der Waals surface area contributed by atoms with Crippen LogP contribution in [0, 0.1) is 5.41 Å². The number of rotatable bonds is 2. The molecule has 98 valence electrons. The van der Waals surface area contributed by atoms with Gasteiger partial charge in [0.25, 0.3) is 5.91 Å². The molecule has 0 aromatic carbocycles. The number of H-pyrrole nitrogens is 1. The van der Waals surface area contributed by atoms with Crippen LogP contribution in [-0.2, 0) is 11.2 Å². The Labute approximate surface area is 107 Å². The number of amides is 1. The van der Waals surface area contributed by atoms with Gasteiger partial charge in [-0.2, -0.15) is 0 Å². The Morgan fingerprint density at radius 3 is 3.17 bits per heavy atom. The fourth-order valence-electron chi connectivity index (χ4n) is 2.90. The summed E-state index contributed by atoms with van der Waals surface area (Å²) in [6.07, 6.45) is 4.62. The normalized spacial score (nSPS) is 27.3. The van der Waals surface area contributed by atoms with E-state index in [0.717, 1.165) is 51.4 Å². The Balaban J connectivity index is 1.70. The average molecular weight is 249 g/mol. The zero-order valence-electron chi connectivity index (χ0n) is 10.7. The Morgan fingerprint density at radius 1 is 1.61 bits per heavy atom. The van der Waals surface area contributed by atoms with Crippen molar-refractivity contribution in [1.82, 2.24) is 14.9 Å². The van der Waals surface area contributed by atoms with Gasteiger partial charge in [0.2, 0.25) is 0 Å². The van der Waals surface area contributed by atoms with E-state index in [2.05, 4.69) is 9.97 Å². The van der Waals surface area contributed by atoms with Crippen molar-refractivity contribution in [1.29, 1.82) is 0 Å². The minimum atomic E-state index is 0.0750. The van der Waals surface area contributed by atoms with Crippen LogP contribution in [0.25, 0.3) is 0 Å². The molecule has 1 atom stereocenters. The van der Waals surface area contributed by atoms with Gasteiger partial charge >= 0.3 is 0 Å². The number of ether oxygens (including phenoxy) is 1. The van der Waals surface area contributed by atoms with E-state index in [1.807, 2.05) is 11.8 Å². The van der Waals surface area contributed by atoms with Gasteiger partial charge in [0.1, 0.15) is 11.5 Å². The number of hydrogen-bond acceptors (Lipinski definition) is 3. The number of imidazole rings is 1. The highest BCUT2D eigenvalue weighted by atomic mass is 16.5. The fourth-order valence-corrected chi connectivity index (χ4v) is 2.90. The van der Waals surface area contributed by atoms with Gasteiger partial charge < -0.3 is 14.6 Å². The highest BCUT2D eigenvalue weighted by Gasteiger charge is 2.43. The topological polar surface area (TPSA) is 58.2 Å². The van der Waals surface area contributed by atoms with Crippen molar-refractivity contribution in [3.05, 3.63) is 17.7 Å². The molecule has 3 heterocycles. The second kappa shape index (κ2) is 4.39. The van der Waals surface area contributed by atoms with E-state index in [4.69, 9.17) is 4.74 Å². The first kappa shape index (κ1) is 11.7. The predicted octanol–water partition coefficient (Wildman–Crippen LogP) is 1.22. The van der Waals surface area contributed by atoms with Gasteiger partial charge in [-0.05, 0) is 12.8 Å². The Hall–Kier alpha value is -1.36. The van der Waals surface area contributed by atoms with Crippen LogP contribution < -0.4 is 0 Å². The number of nitrogens with zero attached hydrogens (tertiary/aromatic N) is 2. The van der Waals surface area contributed by atoms with E-state index in [-0.39, 0.29) is 11.3 Å². The molecule has 1 aromatic heterocycles. The molecule has 0 radical (unpaired) electrons. The summed E-state index contributed by atoms with van der Waals surface area (Å²) in [5.74, 6) is 0.947. The van der Waals surface area contributed by atoms with E-state index in [9.17, 15) is 4.79 Å². The molecule has 18 heavy (non-hydrogen) atoms. The van der Waals surface area contributed by atoms with Crippen molar-refractivity contribution in [3.63, 3.8) is 0 Å². The molecule has 3 rings (SSSR count). The van der Waals surface area contributed by atoms with Gasteiger partial charge in [-0.25, -0.2) is 4.98 Å². The zero-order valence-corrected chi connectivity index (χ0v) is 10.7. The largest absolute Gasteiger partial charge is 0.381 e. The molecule has 1 amide bonds. The van der Waals surface area contributed by atoms with Crippen LogP contribution in [-0.4, -0.2) is 47.1 Å². The molecule has 0 bridgehead atoms. The maximum Gasteiger partial charge on any atom is 0.271 e. The first-order valence-electron chi connectivity index (χ1n) is 6.63. The SMILES string of the molecule is CCc1ncc(C(=O)N2CCC3(CCOC3)C2)[nH]1. The second-order valence-electron chi connectivity index (χ2n) is 5.38. The molecule has 2 aliphatic rings. The Bertz CT molecular complexity index is 449. The van der Waals surface area contributed by atoms with Crippen LogP contribution in [0.2, 0.25) is 0 Å². The summed E-state index contributed by atoms with van der Waals surface area (Å²) >= 11 is 0. The van der Waals surface area contributed by atoms with Crippen molar-refractivity contribution < 1.29 is 9.53 Å². The van der Waals surface area contributed by atoms with Gasteiger partial charge in [-0.3, -0.25) is 4.79 Å². The van der Waals surface area contributed by atoms with Crippen LogP contribution in [0.1, 0.15) is 36.1 Å². The summed E-state index contributed by atoms with van der Waals surface area (Å²) in [7, 11) is 0. The Kier molecular flexibility index (Phi) is 2.86. The molecule has 1 unspecified atom stereocenters. The number of likely N-dealkylation sites (tertiary alicyclic amines) is 1. The molecule has 1 aromatic rings. The van der Waals surface area contributed by atoms with Gasteiger partial charge in [-0.15, -0.1) is 0 Å². The van der Waals surface area contributed by atoms with Gasteiger partial charge in [0.15, 0.2) is 0 Å². The fraction of sp³-hybridized carbons (Fsp3) is 0.692. The summed E-state index contributed by atoms with van der Waals surface area (Å²) in [5, 5.41) is 0. The maximum atomic E-state index is 12.3.